The number of ether oxygens (including phenoxy) is 2. The molecule has 0 amide bonds. The van der Waals surface area contributed by atoms with Crippen molar-refractivity contribution in [2.75, 3.05) is 13.2 Å². The van der Waals surface area contributed by atoms with Crippen molar-refractivity contribution in [1.82, 2.24) is 5.16 Å². The number of rotatable bonds is 6. The smallest absolute Gasteiger partial charge is 0.360 e. The first-order valence-electron chi connectivity index (χ1n) is 8.21. The maximum Gasteiger partial charge on any atom is 0.360 e. The summed E-state index contributed by atoms with van der Waals surface area (Å²) in [6, 6.07) is 8.43. The van der Waals surface area contributed by atoms with E-state index in [-0.39, 0.29) is 35.8 Å². The summed E-state index contributed by atoms with van der Waals surface area (Å²) in [5.41, 5.74) is 1.36. The molecular weight excluding hydrogens is 336 g/mol. The normalized spacial score (nSPS) is 11.1. The largest absolute Gasteiger partial charge is 0.461 e. The number of hydrogen-bond donors (Lipinski definition) is 1. The molecule has 0 aliphatic carbocycles. The second-order valence-corrected chi connectivity index (χ2v) is 6.68. The summed E-state index contributed by atoms with van der Waals surface area (Å²) >= 11 is 0. The quantitative estimate of drug-likeness (QED) is 0.627. The number of nitrogens with zero attached hydrogens (tertiary/aromatic N) is 1. The third-order valence-corrected chi connectivity index (χ3v) is 3.63. The van der Waals surface area contributed by atoms with Gasteiger partial charge in [-0.15, -0.1) is 0 Å². The molecule has 138 valence electrons. The molecule has 0 radical (unpaired) electrons. The molecule has 0 aliphatic heterocycles. The third-order valence-electron chi connectivity index (χ3n) is 3.63. The maximum atomic E-state index is 12.1. The molecule has 1 N–H and O–H groups in total. The molecule has 0 unspecified atom stereocenters. The fourth-order valence-corrected chi connectivity index (χ4v) is 2.12. The van der Waals surface area contributed by atoms with Gasteiger partial charge in [-0.3, -0.25) is 5.41 Å². The van der Waals surface area contributed by atoms with E-state index in [0.717, 1.165) is 5.56 Å². The Balaban J connectivity index is 1.94. The van der Waals surface area contributed by atoms with Crippen molar-refractivity contribution < 1.29 is 23.6 Å². The average molecular weight is 358 g/mol. The zero-order valence-corrected chi connectivity index (χ0v) is 15.3. The van der Waals surface area contributed by atoms with Crippen LogP contribution >= 0.6 is 0 Å². The van der Waals surface area contributed by atoms with Crippen LogP contribution in [0.15, 0.2) is 34.9 Å². The van der Waals surface area contributed by atoms with Crippen LogP contribution in [0.2, 0.25) is 0 Å². The molecule has 0 spiro atoms. The Morgan fingerprint density at radius 3 is 2.35 bits per heavy atom. The Kier molecular flexibility index (Phi) is 5.92. The summed E-state index contributed by atoms with van der Waals surface area (Å²) in [5, 5.41) is 11.4. The van der Waals surface area contributed by atoms with Crippen LogP contribution in [0.3, 0.4) is 0 Å². The van der Waals surface area contributed by atoms with E-state index in [0.29, 0.717) is 5.56 Å². The molecule has 1 heterocycles. The van der Waals surface area contributed by atoms with Gasteiger partial charge in [-0.2, -0.15) is 0 Å². The molecule has 7 heteroatoms. The second kappa shape index (κ2) is 7.95. The van der Waals surface area contributed by atoms with Crippen LogP contribution in [0.25, 0.3) is 0 Å². The molecule has 0 bridgehead atoms. The summed E-state index contributed by atoms with van der Waals surface area (Å²) in [6.45, 7) is 7.85. The highest BCUT2D eigenvalue weighted by Crippen LogP contribution is 2.22. The Hall–Kier alpha value is -2.96. The first-order valence-corrected chi connectivity index (χ1v) is 8.21. The van der Waals surface area contributed by atoms with Gasteiger partial charge in [0.1, 0.15) is 12.3 Å². The van der Waals surface area contributed by atoms with Crippen molar-refractivity contribution in [3.63, 3.8) is 0 Å². The third kappa shape index (κ3) is 4.78. The molecule has 0 atom stereocenters. The first kappa shape index (κ1) is 19.4. The second-order valence-electron chi connectivity index (χ2n) is 6.68. The molecule has 0 fully saturated rings. The van der Waals surface area contributed by atoms with Crippen molar-refractivity contribution in [1.29, 1.82) is 5.41 Å². The van der Waals surface area contributed by atoms with E-state index in [4.69, 9.17) is 19.4 Å². The van der Waals surface area contributed by atoms with Crippen LogP contribution < -0.4 is 0 Å². The molecule has 0 aliphatic rings. The fraction of sp³-hybridized carbons (Fsp3) is 0.368. The lowest BCUT2D eigenvalue weighted by Crippen LogP contribution is -2.15. The van der Waals surface area contributed by atoms with Crippen LogP contribution in [0.4, 0.5) is 0 Å². The maximum absolute atomic E-state index is 12.1. The minimum absolute atomic E-state index is 0.00647. The number of hydrogen-bond acceptors (Lipinski definition) is 7. The van der Waals surface area contributed by atoms with Gasteiger partial charge in [-0.1, -0.05) is 38.1 Å². The van der Waals surface area contributed by atoms with Crippen LogP contribution in [0, 0.1) is 5.41 Å². The minimum Gasteiger partial charge on any atom is -0.461 e. The Labute approximate surface area is 151 Å². The van der Waals surface area contributed by atoms with E-state index in [9.17, 15) is 9.59 Å². The van der Waals surface area contributed by atoms with Crippen molar-refractivity contribution in [2.24, 2.45) is 0 Å². The number of aromatic nitrogens is 1. The Bertz CT molecular complexity index is 800. The molecular formula is C19H22N2O5. The number of esters is 2. The monoisotopic (exact) mass is 358 g/mol. The zero-order chi connectivity index (χ0) is 19.3. The van der Waals surface area contributed by atoms with Gasteiger partial charge >= 0.3 is 11.9 Å². The van der Waals surface area contributed by atoms with Crippen molar-refractivity contribution in [2.45, 2.75) is 33.1 Å². The van der Waals surface area contributed by atoms with Gasteiger partial charge in [0, 0.05) is 6.07 Å². The molecule has 2 rings (SSSR count). The van der Waals surface area contributed by atoms with Crippen LogP contribution in [0.5, 0.6) is 0 Å². The van der Waals surface area contributed by atoms with Crippen LogP contribution in [-0.4, -0.2) is 36.0 Å². The van der Waals surface area contributed by atoms with E-state index in [2.05, 4.69) is 25.9 Å². The molecule has 7 nitrogen and oxygen atoms in total. The molecule has 0 saturated carbocycles. The van der Waals surface area contributed by atoms with Gasteiger partial charge in [0.2, 0.25) is 0 Å². The van der Waals surface area contributed by atoms with E-state index < -0.39 is 11.9 Å². The summed E-state index contributed by atoms with van der Waals surface area (Å²) in [4.78, 5) is 23.6. The first-order chi connectivity index (χ1) is 12.2. The summed E-state index contributed by atoms with van der Waals surface area (Å²) in [7, 11) is 0. The minimum atomic E-state index is -0.633. The summed E-state index contributed by atoms with van der Waals surface area (Å²) in [5.74, 6) is -1.13. The highest BCUT2D eigenvalue weighted by Gasteiger charge is 2.18. The topological polar surface area (TPSA) is 102 Å². The lowest BCUT2D eigenvalue weighted by molar-refractivity contribution is 0.0513. The van der Waals surface area contributed by atoms with Gasteiger partial charge in [-0.25, -0.2) is 9.59 Å². The van der Waals surface area contributed by atoms with Crippen molar-refractivity contribution in [3.8, 4) is 0 Å². The van der Waals surface area contributed by atoms with E-state index in [1.54, 1.807) is 19.1 Å². The molecule has 0 saturated heterocycles. The van der Waals surface area contributed by atoms with Crippen molar-refractivity contribution >= 4 is 17.7 Å². The number of carbonyl (C=O) groups is 2. The van der Waals surface area contributed by atoms with Gasteiger partial charge < -0.3 is 14.0 Å². The average Bonchev–Trinajstić information content (AvgIpc) is 3.09. The molecule has 1 aromatic heterocycles. The lowest BCUT2D eigenvalue weighted by Gasteiger charge is -2.18. The van der Waals surface area contributed by atoms with Gasteiger partial charge in [0.05, 0.1) is 12.2 Å². The fourth-order valence-electron chi connectivity index (χ4n) is 2.12. The lowest BCUT2D eigenvalue weighted by atomic mass is 9.87. The van der Waals surface area contributed by atoms with Crippen LogP contribution in [-0.2, 0) is 14.9 Å². The SMILES string of the molecule is CCOC(=O)c1cc(C(=N)COC(=O)c2ccc(C(C)(C)C)cc2)on1. The van der Waals surface area contributed by atoms with E-state index >= 15 is 0 Å². The summed E-state index contributed by atoms with van der Waals surface area (Å²) in [6.07, 6.45) is 0. The van der Waals surface area contributed by atoms with Crippen LogP contribution in [0.1, 0.15) is 59.9 Å². The van der Waals surface area contributed by atoms with Gasteiger partial charge in [0.25, 0.3) is 0 Å². The van der Waals surface area contributed by atoms with Gasteiger partial charge in [-0.05, 0) is 30.0 Å². The Morgan fingerprint density at radius 2 is 1.77 bits per heavy atom. The highest BCUT2D eigenvalue weighted by atomic mass is 16.5. The predicted octanol–water partition coefficient (Wildman–Crippen LogP) is 3.37. The van der Waals surface area contributed by atoms with Gasteiger partial charge in [0.15, 0.2) is 11.5 Å². The zero-order valence-electron chi connectivity index (χ0n) is 15.3. The van der Waals surface area contributed by atoms with E-state index in [1.807, 2.05) is 12.1 Å². The standard InChI is InChI=1S/C19H22N2O5/c1-5-24-18(23)15-10-16(26-21-15)14(20)11-25-17(22)12-6-8-13(9-7-12)19(2,3)4/h6-10,20H,5,11H2,1-4H3. The van der Waals surface area contributed by atoms with E-state index in [1.165, 1.54) is 6.07 Å². The molecule has 26 heavy (non-hydrogen) atoms. The summed E-state index contributed by atoms with van der Waals surface area (Å²) < 4.78 is 14.8. The Morgan fingerprint density at radius 1 is 1.12 bits per heavy atom. The highest BCUT2D eigenvalue weighted by molar-refractivity contribution is 6.00. The number of carbonyl (C=O) groups excluding carboxylic acids is 2. The molecule has 2 aromatic rings. The molecule has 1 aromatic carbocycles. The van der Waals surface area contributed by atoms with Crippen molar-refractivity contribution in [3.05, 3.63) is 52.9 Å². The predicted molar refractivity (Wildman–Crippen MR) is 94.7 cm³/mol. The number of nitrogens with one attached hydrogen (secondary N) is 1. The number of benzene rings is 1.